The summed E-state index contributed by atoms with van der Waals surface area (Å²) in [6.07, 6.45) is 35.2. The predicted molar refractivity (Wildman–Crippen MR) is 263 cm³/mol. The van der Waals surface area contributed by atoms with Crippen molar-refractivity contribution in [1.82, 2.24) is 0 Å². The summed E-state index contributed by atoms with van der Waals surface area (Å²) in [6.45, 7) is 6.52. The Morgan fingerprint density at radius 3 is 1.06 bits per heavy atom. The van der Waals surface area contributed by atoms with Crippen LogP contribution in [0.25, 0.3) is 21.5 Å². The standard InChI is InChI=1S/C56H86O8/c1-4-7-9-11-13-15-17-19-21-23-25-27-29-31-35-45(55(59)60)42-51(57)63-53-47-37-33-34-38-48(47)54(50-41-44(6-3)39-40-49(50)53)64-52(58)43-46(56(61)62)36-32-30-28-26-24-22-20-18-16-14-12-10-8-5-2/h33-34,37-41,45-46H,4-32,35-36,42-43H2,1-3H3,(H,59,60)(H,61,62). The van der Waals surface area contributed by atoms with E-state index in [4.69, 9.17) is 9.47 Å². The lowest BCUT2D eigenvalue weighted by molar-refractivity contribution is -0.147. The number of ether oxygens (including phenoxy) is 2. The van der Waals surface area contributed by atoms with Crippen molar-refractivity contribution in [2.75, 3.05) is 0 Å². The molecule has 358 valence electrons. The Balaban J connectivity index is 1.54. The Morgan fingerprint density at radius 1 is 0.422 bits per heavy atom. The van der Waals surface area contributed by atoms with Gasteiger partial charge in [-0.3, -0.25) is 19.2 Å². The Kier molecular flexibility index (Phi) is 28.5. The lowest BCUT2D eigenvalue weighted by atomic mass is 9.96. The minimum atomic E-state index is -1.000. The minimum Gasteiger partial charge on any atom is -0.481 e. The van der Waals surface area contributed by atoms with Gasteiger partial charge >= 0.3 is 23.9 Å². The maximum Gasteiger partial charge on any atom is 0.312 e. The van der Waals surface area contributed by atoms with Crippen LogP contribution in [0.5, 0.6) is 11.5 Å². The molecule has 0 saturated carbocycles. The molecule has 3 rings (SSSR count). The predicted octanol–water partition coefficient (Wildman–Crippen LogP) is 16.3. The number of aryl methyl sites for hydroxylation is 1. The zero-order chi connectivity index (χ0) is 46.2. The van der Waals surface area contributed by atoms with E-state index in [1.54, 1.807) is 12.1 Å². The van der Waals surface area contributed by atoms with Gasteiger partial charge in [0.15, 0.2) is 0 Å². The molecule has 3 aromatic carbocycles. The summed E-state index contributed by atoms with van der Waals surface area (Å²) in [5, 5.41) is 22.4. The van der Waals surface area contributed by atoms with E-state index in [-0.39, 0.29) is 12.8 Å². The smallest absolute Gasteiger partial charge is 0.312 e. The van der Waals surface area contributed by atoms with Crippen LogP contribution in [0.4, 0.5) is 0 Å². The molecule has 0 aromatic heterocycles. The number of carbonyl (C=O) groups is 4. The highest BCUT2D eigenvalue weighted by Crippen LogP contribution is 2.44. The van der Waals surface area contributed by atoms with E-state index in [0.29, 0.717) is 52.3 Å². The van der Waals surface area contributed by atoms with Gasteiger partial charge in [0.2, 0.25) is 0 Å². The molecule has 0 fully saturated rings. The van der Waals surface area contributed by atoms with E-state index in [9.17, 15) is 29.4 Å². The van der Waals surface area contributed by atoms with Crippen molar-refractivity contribution in [3.05, 3.63) is 48.0 Å². The van der Waals surface area contributed by atoms with Crippen molar-refractivity contribution in [2.45, 2.75) is 233 Å². The molecule has 0 aliphatic carbocycles. The number of carbonyl (C=O) groups excluding carboxylic acids is 2. The number of rotatable bonds is 39. The summed E-state index contributed by atoms with van der Waals surface area (Å²) < 4.78 is 12.2. The van der Waals surface area contributed by atoms with Crippen LogP contribution < -0.4 is 9.47 Å². The van der Waals surface area contributed by atoms with Gasteiger partial charge in [-0.25, -0.2) is 0 Å². The molecule has 64 heavy (non-hydrogen) atoms. The molecule has 8 nitrogen and oxygen atoms in total. The van der Waals surface area contributed by atoms with Crippen LogP contribution in [0, 0.1) is 11.8 Å². The van der Waals surface area contributed by atoms with E-state index in [0.717, 1.165) is 56.9 Å². The van der Waals surface area contributed by atoms with Crippen LogP contribution in [-0.2, 0) is 25.6 Å². The van der Waals surface area contributed by atoms with Crippen molar-refractivity contribution in [1.29, 1.82) is 0 Å². The molecule has 0 amide bonds. The number of unbranched alkanes of at least 4 members (excludes halogenated alkanes) is 26. The molecule has 0 bridgehead atoms. The molecule has 2 N–H and O–H groups in total. The number of hydrogen-bond acceptors (Lipinski definition) is 6. The van der Waals surface area contributed by atoms with Crippen LogP contribution in [0.1, 0.15) is 232 Å². The normalized spacial score (nSPS) is 12.4. The molecule has 2 unspecified atom stereocenters. The molecule has 2 atom stereocenters. The van der Waals surface area contributed by atoms with Crippen LogP contribution >= 0.6 is 0 Å². The molecule has 0 aliphatic rings. The highest BCUT2D eigenvalue weighted by molar-refractivity contribution is 6.13. The van der Waals surface area contributed by atoms with Gasteiger partial charge in [0.05, 0.1) is 24.7 Å². The first kappa shape index (κ1) is 54.4. The molecule has 0 aliphatic heterocycles. The topological polar surface area (TPSA) is 127 Å². The highest BCUT2D eigenvalue weighted by atomic mass is 16.5. The Bertz CT molecular complexity index is 1780. The maximum atomic E-state index is 13.6. The number of esters is 2. The third-order valence-corrected chi connectivity index (χ3v) is 13.2. The fraction of sp³-hybridized carbons (Fsp3) is 0.679. The highest BCUT2D eigenvalue weighted by Gasteiger charge is 2.27. The second kappa shape index (κ2) is 33.5. The zero-order valence-electron chi connectivity index (χ0n) is 40.4. The Hall–Kier alpha value is -3.94. The monoisotopic (exact) mass is 887 g/mol. The molecule has 0 radical (unpaired) electrons. The van der Waals surface area contributed by atoms with E-state index < -0.39 is 35.7 Å². The summed E-state index contributed by atoms with van der Waals surface area (Å²) >= 11 is 0. The third-order valence-electron chi connectivity index (χ3n) is 13.2. The molecular formula is C56H86O8. The van der Waals surface area contributed by atoms with Gasteiger partial charge in [0, 0.05) is 21.5 Å². The van der Waals surface area contributed by atoms with Crippen molar-refractivity contribution in [3.8, 4) is 11.5 Å². The number of aliphatic carboxylic acids is 2. The Labute approximate surface area is 387 Å². The fourth-order valence-electron chi connectivity index (χ4n) is 9.10. The molecule has 0 saturated heterocycles. The van der Waals surface area contributed by atoms with Gasteiger partial charge in [-0.2, -0.15) is 0 Å². The van der Waals surface area contributed by atoms with Gasteiger partial charge in [0.25, 0.3) is 0 Å². The summed E-state index contributed by atoms with van der Waals surface area (Å²) in [5.74, 6) is -4.35. The average molecular weight is 887 g/mol. The molecular weight excluding hydrogens is 801 g/mol. The molecule has 3 aromatic rings. The van der Waals surface area contributed by atoms with Crippen molar-refractivity contribution in [3.63, 3.8) is 0 Å². The van der Waals surface area contributed by atoms with E-state index in [1.807, 2.05) is 37.3 Å². The van der Waals surface area contributed by atoms with E-state index in [1.165, 1.54) is 128 Å². The van der Waals surface area contributed by atoms with Gasteiger partial charge in [-0.15, -0.1) is 0 Å². The zero-order valence-corrected chi connectivity index (χ0v) is 40.4. The fourth-order valence-corrected chi connectivity index (χ4v) is 9.10. The average Bonchev–Trinajstić information content (AvgIpc) is 3.29. The van der Waals surface area contributed by atoms with E-state index in [2.05, 4.69) is 13.8 Å². The quantitative estimate of drug-likeness (QED) is 0.0251. The lowest BCUT2D eigenvalue weighted by Crippen LogP contribution is -2.22. The maximum absolute atomic E-state index is 13.6. The first-order valence-electron chi connectivity index (χ1n) is 26.0. The number of carboxylic acids is 2. The number of benzene rings is 3. The second-order valence-electron chi connectivity index (χ2n) is 18.6. The third kappa shape index (κ3) is 21.4. The SMILES string of the molecule is CCCCCCCCCCCCCCCCC(CC(=O)Oc1c2ccccc2c(OC(=O)CC(CCCCCCCCCCCCCCCC)C(=O)O)c2cc(CC)ccc12)C(=O)O. The second-order valence-corrected chi connectivity index (χ2v) is 18.6. The van der Waals surface area contributed by atoms with Crippen LogP contribution in [0.2, 0.25) is 0 Å². The molecule has 0 heterocycles. The lowest BCUT2D eigenvalue weighted by Gasteiger charge is -2.19. The van der Waals surface area contributed by atoms with Gasteiger partial charge < -0.3 is 19.7 Å². The first-order chi connectivity index (χ1) is 31.2. The van der Waals surface area contributed by atoms with Crippen molar-refractivity contribution < 1.29 is 38.9 Å². The first-order valence-corrected chi connectivity index (χ1v) is 26.0. The Morgan fingerprint density at radius 2 is 0.734 bits per heavy atom. The largest absolute Gasteiger partial charge is 0.481 e. The van der Waals surface area contributed by atoms with Gasteiger partial charge in [0.1, 0.15) is 11.5 Å². The number of hydrogen-bond donors (Lipinski definition) is 2. The number of carboxylic acid groups (broad SMARTS) is 2. The van der Waals surface area contributed by atoms with Crippen LogP contribution in [0.15, 0.2) is 42.5 Å². The van der Waals surface area contributed by atoms with E-state index >= 15 is 0 Å². The molecule has 0 spiro atoms. The minimum absolute atomic E-state index is 0.246. The van der Waals surface area contributed by atoms with Crippen LogP contribution in [0.3, 0.4) is 0 Å². The van der Waals surface area contributed by atoms with Gasteiger partial charge in [-0.1, -0.05) is 237 Å². The van der Waals surface area contributed by atoms with Gasteiger partial charge in [-0.05, 0) is 30.9 Å². The molecule has 8 heteroatoms. The summed E-state index contributed by atoms with van der Waals surface area (Å²) in [5.41, 5.74) is 0.984. The summed E-state index contributed by atoms with van der Waals surface area (Å²) in [4.78, 5) is 51.7. The summed E-state index contributed by atoms with van der Waals surface area (Å²) in [7, 11) is 0. The number of fused-ring (bicyclic) bond motifs is 2. The van der Waals surface area contributed by atoms with Crippen molar-refractivity contribution in [2.24, 2.45) is 11.8 Å². The van der Waals surface area contributed by atoms with Crippen molar-refractivity contribution >= 4 is 45.4 Å². The van der Waals surface area contributed by atoms with Crippen LogP contribution in [-0.4, -0.2) is 34.1 Å². The summed E-state index contributed by atoms with van der Waals surface area (Å²) in [6, 6.07) is 12.9.